The maximum Gasteiger partial charge on any atom is 0.263 e. The minimum Gasteiger partial charge on any atom is -0.367 e. The van der Waals surface area contributed by atoms with E-state index >= 15 is 0 Å². The normalized spacial score (nSPS) is 10.4. The zero-order valence-electron chi connectivity index (χ0n) is 14.5. The van der Waals surface area contributed by atoms with E-state index in [1.165, 1.54) is 11.3 Å². The van der Waals surface area contributed by atoms with Crippen molar-refractivity contribution in [2.45, 2.75) is 13.8 Å². The highest BCUT2D eigenvalue weighted by Gasteiger charge is 2.10. The summed E-state index contributed by atoms with van der Waals surface area (Å²) in [5, 5.41) is 17.3. The van der Waals surface area contributed by atoms with Crippen LogP contribution in [0.25, 0.3) is 0 Å². The summed E-state index contributed by atoms with van der Waals surface area (Å²) >= 11 is 1.34. The number of hydrogen-bond acceptors (Lipinski definition) is 8. The van der Waals surface area contributed by atoms with Gasteiger partial charge in [0.05, 0.1) is 11.2 Å². The monoisotopic (exact) mass is 369 g/mol. The van der Waals surface area contributed by atoms with Gasteiger partial charge in [0, 0.05) is 19.3 Å². The lowest BCUT2D eigenvalue weighted by atomic mass is 10.3. The summed E-state index contributed by atoms with van der Waals surface area (Å²) in [5.41, 5.74) is 3.51. The summed E-state index contributed by atoms with van der Waals surface area (Å²) < 4.78 is 0. The van der Waals surface area contributed by atoms with Crippen molar-refractivity contribution in [2.75, 3.05) is 23.7 Å². The van der Waals surface area contributed by atoms with E-state index in [1.807, 2.05) is 38.1 Å². The van der Waals surface area contributed by atoms with Gasteiger partial charge < -0.3 is 16.0 Å². The Morgan fingerprint density at radius 1 is 1.00 bits per heavy atom. The van der Waals surface area contributed by atoms with Crippen molar-refractivity contribution in [3.63, 3.8) is 0 Å². The third-order valence-corrected chi connectivity index (χ3v) is 4.43. The minimum atomic E-state index is -0.108. The van der Waals surface area contributed by atoms with E-state index in [9.17, 15) is 4.79 Å². The fourth-order valence-electron chi connectivity index (χ4n) is 2.13. The molecule has 3 rings (SSSR count). The standard InChI is InChI=1S/C17H19N7OS/c1-11-3-4-13(20-9-11)22-15-6-5-14(23-24-15)18-7-8-19-17(25)16-12(2)21-10-26-16/h3-6,9-10H,7-8H2,1-2H3,(H,18,23)(H,19,25)(H,20,22,24). The van der Waals surface area contributed by atoms with Crippen molar-refractivity contribution in [3.8, 4) is 0 Å². The predicted molar refractivity (Wildman–Crippen MR) is 102 cm³/mol. The van der Waals surface area contributed by atoms with Crippen LogP contribution >= 0.6 is 11.3 Å². The number of hydrogen-bond donors (Lipinski definition) is 3. The third kappa shape index (κ3) is 4.73. The number of carbonyl (C=O) groups excluding carboxylic acids is 1. The number of anilines is 3. The molecule has 3 heterocycles. The molecular formula is C17H19N7OS. The quantitative estimate of drug-likeness (QED) is 0.550. The summed E-state index contributed by atoms with van der Waals surface area (Å²) in [6, 6.07) is 7.49. The van der Waals surface area contributed by atoms with E-state index in [4.69, 9.17) is 0 Å². The van der Waals surface area contributed by atoms with Crippen molar-refractivity contribution in [1.29, 1.82) is 0 Å². The largest absolute Gasteiger partial charge is 0.367 e. The van der Waals surface area contributed by atoms with Crippen LogP contribution in [0.3, 0.4) is 0 Å². The van der Waals surface area contributed by atoms with Crippen LogP contribution in [0, 0.1) is 13.8 Å². The third-order valence-electron chi connectivity index (χ3n) is 3.50. The molecule has 0 aliphatic rings. The van der Waals surface area contributed by atoms with Gasteiger partial charge in [-0.1, -0.05) is 6.07 Å². The second-order valence-corrected chi connectivity index (χ2v) is 6.45. The maximum atomic E-state index is 12.0. The number of amides is 1. The van der Waals surface area contributed by atoms with E-state index in [1.54, 1.807) is 11.7 Å². The predicted octanol–water partition coefficient (Wildman–Crippen LogP) is 2.53. The first kappa shape index (κ1) is 17.7. The zero-order chi connectivity index (χ0) is 18.4. The Hall–Kier alpha value is -3.07. The van der Waals surface area contributed by atoms with Crippen LogP contribution in [-0.2, 0) is 0 Å². The molecule has 8 nitrogen and oxygen atoms in total. The Bertz CT molecular complexity index is 862. The molecule has 0 aromatic carbocycles. The van der Waals surface area contributed by atoms with Gasteiger partial charge in [0.2, 0.25) is 0 Å². The average molecular weight is 369 g/mol. The maximum absolute atomic E-state index is 12.0. The highest BCUT2D eigenvalue weighted by Crippen LogP contribution is 2.13. The lowest BCUT2D eigenvalue weighted by molar-refractivity contribution is 0.0958. The van der Waals surface area contributed by atoms with Crippen molar-refractivity contribution in [3.05, 3.63) is 52.1 Å². The first-order chi connectivity index (χ1) is 12.6. The smallest absolute Gasteiger partial charge is 0.263 e. The van der Waals surface area contributed by atoms with Crippen LogP contribution in [-0.4, -0.2) is 39.2 Å². The van der Waals surface area contributed by atoms with E-state index < -0.39 is 0 Å². The van der Waals surface area contributed by atoms with E-state index in [-0.39, 0.29) is 5.91 Å². The fourth-order valence-corrected chi connectivity index (χ4v) is 2.85. The van der Waals surface area contributed by atoms with Gasteiger partial charge in [-0.05, 0) is 37.6 Å². The lowest BCUT2D eigenvalue weighted by Gasteiger charge is -2.08. The Labute approximate surface area is 155 Å². The van der Waals surface area contributed by atoms with Gasteiger partial charge in [0.25, 0.3) is 5.91 Å². The minimum absolute atomic E-state index is 0.108. The second kappa shape index (κ2) is 8.34. The number of carbonyl (C=O) groups is 1. The summed E-state index contributed by atoms with van der Waals surface area (Å²) in [4.78, 5) is 20.9. The topological polar surface area (TPSA) is 105 Å². The SMILES string of the molecule is Cc1ccc(Nc2ccc(NCCNC(=O)c3scnc3C)nn2)nc1. The van der Waals surface area contributed by atoms with E-state index in [0.29, 0.717) is 35.4 Å². The van der Waals surface area contributed by atoms with Crippen LogP contribution in [0.2, 0.25) is 0 Å². The molecule has 0 atom stereocenters. The van der Waals surface area contributed by atoms with Gasteiger partial charge >= 0.3 is 0 Å². The van der Waals surface area contributed by atoms with Crippen LogP contribution in [0.15, 0.2) is 36.0 Å². The van der Waals surface area contributed by atoms with Crippen LogP contribution in [0.4, 0.5) is 17.5 Å². The van der Waals surface area contributed by atoms with Gasteiger partial charge in [-0.25, -0.2) is 9.97 Å². The molecule has 9 heteroatoms. The Morgan fingerprint density at radius 2 is 1.77 bits per heavy atom. The molecule has 0 radical (unpaired) electrons. The molecule has 0 spiro atoms. The summed E-state index contributed by atoms with van der Waals surface area (Å²) in [6.45, 7) is 4.83. The summed E-state index contributed by atoms with van der Waals surface area (Å²) in [7, 11) is 0. The number of nitrogens with zero attached hydrogens (tertiary/aromatic N) is 4. The summed E-state index contributed by atoms with van der Waals surface area (Å²) in [6.07, 6.45) is 1.79. The molecule has 3 aromatic heterocycles. The molecule has 26 heavy (non-hydrogen) atoms. The van der Waals surface area contributed by atoms with Crippen molar-refractivity contribution >= 4 is 34.7 Å². The van der Waals surface area contributed by atoms with Crippen LogP contribution < -0.4 is 16.0 Å². The Morgan fingerprint density at radius 3 is 2.42 bits per heavy atom. The lowest BCUT2D eigenvalue weighted by Crippen LogP contribution is -2.28. The molecular weight excluding hydrogens is 350 g/mol. The highest BCUT2D eigenvalue weighted by atomic mass is 32.1. The molecule has 0 saturated carbocycles. The molecule has 0 saturated heterocycles. The number of thiazole rings is 1. The number of nitrogens with one attached hydrogen (secondary N) is 3. The average Bonchev–Trinajstić information content (AvgIpc) is 3.08. The van der Waals surface area contributed by atoms with Crippen molar-refractivity contribution in [2.24, 2.45) is 0 Å². The van der Waals surface area contributed by atoms with Gasteiger partial charge in [0.1, 0.15) is 16.5 Å². The molecule has 0 aliphatic carbocycles. The van der Waals surface area contributed by atoms with Crippen LogP contribution in [0.1, 0.15) is 20.9 Å². The molecule has 3 aromatic rings. The molecule has 0 fully saturated rings. The molecule has 3 N–H and O–H groups in total. The van der Waals surface area contributed by atoms with Gasteiger partial charge in [-0.15, -0.1) is 21.5 Å². The van der Waals surface area contributed by atoms with Gasteiger partial charge in [0.15, 0.2) is 5.82 Å². The second-order valence-electron chi connectivity index (χ2n) is 5.60. The molecule has 134 valence electrons. The Kier molecular flexibility index (Phi) is 5.69. The van der Waals surface area contributed by atoms with Crippen molar-refractivity contribution in [1.82, 2.24) is 25.5 Å². The number of pyridine rings is 1. The highest BCUT2D eigenvalue weighted by molar-refractivity contribution is 7.11. The number of aromatic nitrogens is 4. The van der Waals surface area contributed by atoms with Gasteiger partial charge in [-0.3, -0.25) is 4.79 Å². The molecule has 0 aliphatic heterocycles. The molecule has 0 bridgehead atoms. The van der Waals surface area contributed by atoms with Gasteiger partial charge in [-0.2, -0.15) is 0 Å². The number of rotatable bonds is 7. The van der Waals surface area contributed by atoms with Crippen molar-refractivity contribution < 1.29 is 4.79 Å². The summed E-state index contributed by atoms with van der Waals surface area (Å²) in [5.74, 6) is 1.85. The first-order valence-corrected chi connectivity index (χ1v) is 8.95. The Balaban J connectivity index is 1.43. The number of aryl methyl sites for hydroxylation is 2. The van der Waals surface area contributed by atoms with Crippen LogP contribution in [0.5, 0.6) is 0 Å². The first-order valence-electron chi connectivity index (χ1n) is 8.07. The fraction of sp³-hybridized carbons (Fsp3) is 0.235. The molecule has 0 unspecified atom stereocenters. The molecule has 1 amide bonds. The zero-order valence-corrected chi connectivity index (χ0v) is 15.3. The van der Waals surface area contributed by atoms with E-state index in [2.05, 4.69) is 36.1 Å². The van der Waals surface area contributed by atoms with E-state index in [0.717, 1.165) is 11.3 Å².